The Balaban J connectivity index is 1.14. The average molecular weight is 630 g/mol. The van der Waals surface area contributed by atoms with Crippen LogP contribution in [0.25, 0.3) is 64.3 Å². The number of benzene rings is 8. The van der Waals surface area contributed by atoms with E-state index < -0.39 is 0 Å². The van der Waals surface area contributed by atoms with Crippen LogP contribution in [0.5, 0.6) is 0 Å². The van der Waals surface area contributed by atoms with Crippen molar-refractivity contribution in [2.75, 3.05) is 4.90 Å². The monoisotopic (exact) mass is 629 g/mol. The summed E-state index contributed by atoms with van der Waals surface area (Å²) >= 11 is 1.86. The lowest BCUT2D eigenvalue weighted by Gasteiger charge is -2.26. The first-order valence-corrected chi connectivity index (χ1v) is 17.2. The molecule has 226 valence electrons. The summed E-state index contributed by atoms with van der Waals surface area (Å²) in [6, 6.07) is 68.1. The Hall–Kier alpha value is -5.96. The van der Waals surface area contributed by atoms with Crippen molar-refractivity contribution < 1.29 is 0 Å². The van der Waals surface area contributed by atoms with Crippen molar-refractivity contribution in [1.29, 1.82) is 0 Å². The van der Waals surface area contributed by atoms with Gasteiger partial charge in [-0.2, -0.15) is 0 Å². The van der Waals surface area contributed by atoms with Crippen molar-refractivity contribution in [3.8, 4) is 33.4 Å². The fourth-order valence-electron chi connectivity index (χ4n) is 6.82. The van der Waals surface area contributed by atoms with Crippen LogP contribution in [0, 0.1) is 0 Å². The molecular formula is C46H31NS. The van der Waals surface area contributed by atoms with E-state index in [0.717, 1.165) is 11.4 Å². The van der Waals surface area contributed by atoms with Gasteiger partial charge in [0.05, 0.1) is 10.4 Å². The van der Waals surface area contributed by atoms with Gasteiger partial charge in [-0.3, -0.25) is 0 Å². The van der Waals surface area contributed by atoms with Gasteiger partial charge in [-0.15, -0.1) is 11.3 Å². The third kappa shape index (κ3) is 5.13. The molecule has 8 aromatic carbocycles. The summed E-state index contributed by atoms with van der Waals surface area (Å²) in [7, 11) is 0. The second-order valence-corrected chi connectivity index (χ2v) is 13.2. The van der Waals surface area contributed by atoms with Crippen molar-refractivity contribution in [1.82, 2.24) is 0 Å². The van der Waals surface area contributed by atoms with Crippen molar-refractivity contribution in [2.45, 2.75) is 0 Å². The van der Waals surface area contributed by atoms with E-state index in [4.69, 9.17) is 0 Å². The molecule has 0 N–H and O–H groups in total. The second kappa shape index (κ2) is 12.0. The summed E-state index contributed by atoms with van der Waals surface area (Å²) in [6.45, 7) is 0. The molecule has 0 radical (unpaired) electrons. The third-order valence-electron chi connectivity index (χ3n) is 9.26. The minimum Gasteiger partial charge on any atom is -0.309 e. The molecular weight excluding hydrogens is 599 g/mol. The summed E-state index contributed by atoms with van der Waals surface area (Å²) in [4.78, 5) is 2.41. The zero-order valence-corrected chi connectivity index (χ0v) is 27.1. The molecule has 0 aliphatic rings. The number of thiophene rings is 1. The largest absolute Gasteiger partial charge is 0.309 e. The molecule has 0 unspecified atom stereocenters. The van der Waals surface area contributed by atoms with E-state index in [-0.39, 0.29) is 0 Å². The van der Waals surface area contributed by atoms with E-state index in [1.807, 2.05) is 11.3 Å². The predicted molar refractivity (Wildman–Crippen MR) is 208 cm³/mol. The topological polar surface area (TPSA) is 3.24 Å². The van der Waals surface area contributed by atoms with Gasteiger partial charge in [0.2, 0.25) is 0 Å². The van der Waals surface area contributed by atoms with Crippen molar-refractivity contribution in [2.24, 2.45) is 0 Å². The molecule has 9 rings (SSSR count). The third-order valence-corrected chi connectivity index (χ3v) is 10.5. The maximum absolute atomic E-state index is 2.41. The molecule has 1 heterocycles. The fourth-order valence-corrected chi connectivity index (χ4v) is 8.03. The average Bonchev–Trinajstić information content (AvgIpc) is 3.55. The lowest BCUT2D eigenvalue weighted by atomic mass is 9.98. The summed E-state index contributed by atoms with van der Waals surface area (Å²) in [5.41, 5.74) is 10.7. The molecule has 48 heavy (non-hydrogen) atoms. The molecule has 0 aliphatic carbocycles. The number of hydrogen-bond acceptors (Lipinski definition) is 2. The van der Waals surface area contributed by atoms with Gasteiger partial charge in [-0.05, 0) is 92.7 Å². The highest BCUT2D eigenvalue weighted by atomic mass is 32.1. The minimum absolute atomic E-state index is 1.13. The minimum atomic E-state index is 1.13. The van der Waals surface area contributed by atoms with Crippen molar-refractivity contribution in [3.63, 3.8) is 0 Å². The number of fused-ring (bicyclic) bond motifs is 4. The van der Waals surface area contributed by atoms with Gasteiger partial charge in [-0.25, -0.2) is 0 Å². The van der Waals surface area contributed by atoms with Crippen LogP contribution in [-0.2, 0) is 0 Å². The molecule has 1 nitrogen and oxygen atoms in total. The van der Waals surface area contributed by atoms with Crippen LogP contribution in [-0.4, -0.2) is 0 Å². The maximum Gasteiger partial charge on any atom is 0.0640 e. The van der Waals surface area contributed by atoms with Gasteiger partial charge in [-0.1, -0.05) is 140 Å². The first kappa shape index (κ1) is 28.3. The summed E-state index contributed by atoms with van der Waals surface area (Å²) < 4.78 is 2.59. The standard InChI is InChI=1S/C46H31NS/c1-2-10-32(11-3-1)37-14-8-15-38(30-37)34-22-26-40(27-23-34)47(44-18-9-17-43-42-16-6-7-19-45(42)48-46(43)44)41-28-24-35(25-29-41)39-21-20-33-12-4-5-13-36(33)31-39/h1-31H. The molecule has 0 bridgehead atoms. The molecule has 2 heteroatoms. The van der Waals surface area contributed by atoms with Crippen LogP contribution in [0.15, 0.2) is 188 Å². The molecule has 0 saturated carbocycles. The van der Waals surface area contributed by atoms with E-state index in [1.165, 1.54) is 70.0 Å². The van der Waals surface area contributed by atoms with Gasteiger partial charge in [0.15, 0.2) is 0 Å². The van der Waals surface area contributed by atoms with Gasteiger partial charge < -0.3 is 4.90 Å². The number of nitrogens with zero attached hydrogens (tertiary/aromatic N) is 1. The van der Waals surface area contributed by atoms with Crippen LogP contribution >= 0.6 is 11.3 Å². The number of anilines is 3. The fraction of sp³-hybridized carbons (Fsp3) is 0. The number of rotatable bonds is 6. The molecule has 0 spiro atoms. The molecule has 0 saturated heterocycles. The van der Waals surface area contributed by atoms with Gasteiger partial charge in [0.25, 0.3) is 0 Å². The molecule has 1 aromatic heterocycles. The Morgan fingerprint density at radius 3 is 1.58 bits per heavy atom. The van der Waals surface area contributed by atoms with Crippen LogP contribution in [0.1, 0.15) is 0 Å². The molecule has 9 aromatic rings. The Bertz CT molecular complexity index is 2540. The van der Waals surface area contributed by atoms with E-state index in [1.54, 1.807) is 0 Å². The summed E-state index contributed by atoms with van der Waals surface area (Å²) in [6.07, 6.45) is 0. The van der Waals surface area contributed by atoms with E-state index in [9.17, 15) is 0 Å². The Morgan fingerprint density at radius 1 is 0.333 bits per heavy atom. The zero-order valence-electron chi connectivity index (χ0n) is 26.3. The van der Waals surface area contributed by atoms with Crippen LogP contribution in [0.4, 0.5) is 17.1 Å². The lowest BCUT2D eigenvalue weighted by Crippen LogP contribution is -2.10. The molecule has 0 atom stereocenters. The SMILES string of the molecule is c1ccc(-c2cccc(-c3ccc(N(c4ccc(-c5ccc6ccccc6c5)cc4)c4cccc5c4sc4ccccc45)cc3)c2)cc1. The highest BCUT2D eigenvalue weighted by molar-refractivity contribution is 7.26. The van der Waals surface area contributed by atoms with Crippen LogP contribution in [0.2, 0.25) is 0 Å². The molecule has 0 fully saturated rings. The Morgan fingerprint density at radius 2 is 0.854 bits per heavy atom. The van der Waals surface area contributed by atoms with Crippen LogP contribution < -0.4 is 4.90 Å². The Labute approximate surface area is 284 Å². The molecule has 0 amide bonds. The first-order chi connectivity index (χ1) is 23.8. The number of hydrogen-bond donors (Lipinski definition) is 0. The highest BCUT2D eigenvalue weighted by Crippen LogP contribution is 2.45. The smallest absolute Gasteiger partial charge is 0.0640 e. The van der Waals surface area contributed by atoms with E-state index >= 15 is 0 Å². The van der Waals surface area contributed by atoms with Crippen molar-refractivity contribution in [3.05, 3.63) is 188 Å². The summed E-state index contributed by atoms with van der Waals surface area (Å²) in [5.74, 6) is 0. The van der Waals surface area contributed by atoms with Gasteiger partial charge in [0.1, 0.15) is 0 Å². The van der Waals surface area contributed by atoms with E-state index in [0.29, 0.717) is 0 Å². The second-order valence-electron chi connectivity index (χ2n) is 12.2. The highest BCUT2D eigenvalue weighted by Gasteiger charge is 2.18. The first-order valence-electron chi connectivity index (χ1n) is 16.3. The lowest BCUT2D eigenvalue weighted by molar-refractivity contribution is 1.30. The maximum atomic E-state index is 2.41. The molecule has 0 aliphatic heterocycles. The van der Waals surface area contributed by atoms with Crippen molar-refractivity contribution >= 4 is 59.3 Å². The van der Waals surface area contributed by atoms with E-state index in [2.05, 4.69) is 193 Å². The quantitative estimate of drug-likeness (QED) is 0.177. The predicted octanol–water partition coefficient (Wildman–Crippen LogP) is 13.7. The van der Waals surface area contributed by atoms with Crippen LogP contribution in [0.3, 0.4) is 0 Å². The normalized spacial score (nSPS) is 11.3. The summed E-state index contributed by atoms with van der Waals surface area (Å²) in [5, 5.41) is 5.11. The zero-order chi connectivity index (χ0) is 31.9. The van der Waals surface area contributed by atoms with Gasteiger partial charge >= 0.3 is 0 Å². The Kier molecular flexibility index (Phi) is 7.07. The van der Waals surface area contributed by atoms with Gasteiger partial charge in [0, 0.05) is 26.8 Å².